The highest BCUT2D eigenvalue weighted by atomic mass is 16.2. The molecule has 94 valence electrons. The van der Waals surface area contributed by atoms with Gasteiger partial charge in [0.15, 0.2) is 0 Å². The standard InChI is InChI=1S/C12H19N3O2/c1-14-10(7-11(16)15(2)12(14)17)8-13-6-5-9-3-4-9/h7,9,13H,3-6,8H2,1-2H3. The first kappa shape index (κ1) is 12.1. The maximum Gasteiger partial charge on any atom is 0.330 e. The van der Waals surface area contributed by atoms with Crippen LogP contribution in [-0.4, -0.2) is 15.7 Å². The molecule has 0 saturated heterocycles. The minimum absolute atomic E-state index is 0.243. The molecule has 1 N–H and O–H groups in total. The number of hydrogen-bond acceptors (Lipinski definition) is 3. The smallest absolute Gasteiger partial charge is 0.311 e. The fraction of sp³-hybridized carbons (Fsp3) is 0.667. The Hall–Kier alpha value is -1.36. The summed E-state index contributed by atoms with van der Waals surface area (Å²) in [5.74, 6) is 0.898. The average Bonchev–Trinajstić information content (AvgIpc) is 3.12. The van der Waals surface area contributed by atoms with E-state index >= 15 is 0 Å². The van der Waals surface area contributed by atoms with Crippen LogP contribution in [0.2, 0.25) is 0 Å². The summed E-state index contributed by atoms with van der Waals surface area (Å²) in [5, 5.41) is 3.28. The summed E-state index contributed by atoms with van der Waals surface area (Å²) >= 11 is 0. The molecule has 1 aliphatic carbocycles. The van der Waals surface area contributed by atoms with Gasteiger partial charge < -0.3 is 5.32 Å². The maximum atomic E-state index is 11.7. The molecule has 1 aromatic heterocycles. The summed E-state index contributed by atoms with van der Waals surface area (Å²) in [6, 6.07) is 1.52. The van der Waals surface area contributed by atoms with Crippen LogP contribution in [0.25, 0.3) is 0 Å². The number of hydrogen-bond donors (Lipinski definition) is 1. The van der Waals surface area contributed by atoms with E-state index in [-0.39, 0.29) is 11.2 Å². The average molecular weight is 237 g/mol. The lowest BCUT2D eigenvalue weighted by molar-refractivity contribution is 0.573. The summed E-state index contributed by atoms with van der Waals surface area (Å²) in [6.45, 7) is 1.53. The monoisotopic (exact) mass is 237 g/mol. The zero-order valence-electron chi connectivity index (χ0n) is 10.4. The molecule has 1 saturated carbocycles. The minimum Gasteiger partial charge on any atom is -0.311 e. The van der Waals surface area contributed by atoms with Gasteiger partial charge in [0.05, 0.1) is 0 Å². The van der Waals surface area contributed by atoms with Crippen LogP contribution >= 0.6 is 0 Å². The van der Waals surface area contributed by atoms with Crippen molar-refractivity contribution in [3.63, 3.8) is 0 Å². The van der Waals surface area contributed by atoms with Crippen molar-refractivity contribution < 1.29 is 0 Å². The van der Waals surface area contributed by atoms with Crippen molar-refractivity contribution in [1.82, 2.24) is 14.5 Å². The Kier molecular flexibility index (Phi) is 3.47. The van der Waals surface area contributed by atoms with Crippen LogP contribution in [0, 0.1) is 5.92 Å². The Morgan fingerprint density at radius 2 is 2.00 bits per heavy atom. The summed E-state index contributed by atoms with van der Waals surface area (Å²) in [5.41, 5.74) is 0.234. The van der Waals surface area contributed by atoms with E-state index in [1.165, 1.54) is 36.9 Å². The molecule has 1 aliphatic rings. The van der Waals surface area contributed by atoms with Crippen LogP contribution in [0.3, 0.4) is 0 Å². The predicted molar refractivity (Wildman–Crippen MR) is 66.0 cm³/mol. The van der Waals surface area contributed by atoms with Gasteiger partial charge in [0.1, 0.15) is 0 Å². The first-order valence-corrected chi connectivity index (χ1v) is 6.06. The SMILES string of the molecule is Cn1c(CNCCC2CC2)cc(=O)n(C)c1=O. The number of rotatable bonds is 5. The van der Waals surface area contributed by atoms with Gasteiger partial charge >= 0.3 is 5.69 Å². The van der Waals surface area contributed by atoms with Gasteiger partial charge in [0.2, 0.25) is 0 Å². The first-order chi connectivity index (χ1) is 8.09. The third-order valence-corrected chi connectivity index (χ3v) is 3.36. The fourth-order valence-electron chi connectivity index (χ4n) is 1.88. The maximum absolute atomic E-state index is 11.7. The van der Waals surface area contributed by atoms with Gasteiger partial charge in [-0.2, -0.15) is 0 Å². The molecule has 1 aromatic rings. The Bertz CT molecular complexity index is 511. The Morgan fingerprint density at radius 1 is 1.29 bits per heavy atom. The molecule has 5 nitrogen and oxygen atoms in total. The van der Waals surface area contributed by atoms with Crippen molar-refractivity contribution in [2.45, 2.75) is 25.8 Å². The van der Waals surface area contributed by atoms with Crippen LogP contribution in [-0.2, 0) is 20.6 Å². The molecule has 1 fully saturated rings. The molecule has 1 heterocycles. The van der Waals surface area contributed by atoms with Crippen molar-refractivity contribution in [2.24, 2.45) is 20.0 Å². The lowest BCUT2D eigenvalue weighted by atomic mass is 10.3. The Balaban J connectivity index is 1.99. The number of nitrogens with one attached hydrogen (secondary N) is 1. The number of aromatic nitrogens is 2. The molecule has 0 radical (unpaired) electrons. The zero-order valence-corrected chi connectivity index (χ0v) is 10.4. The van der Waals surface area contributed by atoms with Gasteiger partial charge in [-0.05, 0) is 18.9 Å². The molecule has 2 rings (SSSR count). The van der Waals surface area contributed by atoms with E-state index in [0.29, 0.717) is 6.54 Å². The predicted octanol–water partition coefficient (Wildman–Crippen LogP) is -0.0263. The van der Waals surface area contributed by atoms with E-state index in [0.717, 1.165) is 22.7 Å². The third kappa shape index (κ3) is 2.85. The highest BCUT2D eigenvalue weighted by molar-refractivity contribution is 5.01. The van der Waals surface area contributed by atoms with E-state index in [9.17, 15) is 9.59 Å². The Morgan fingerprint density at radius 3 is 2.65 bits per heavy atom. The zero-order chi connectivity index (χ0) is 12.4. The molecule has 0 spiro atoms. The van der Waals surface area contributed by atoms with Crippen LogP contribution in [0.15, 0.2) is 15.7 Å². The highest BCUT2D eigenvalue weighted by Crippen LogP contribution is 2.31. The van der Waals surface area contributed by atoms with Crippen LogP contribution in [0.4, 0.5) is 0 Å². The molecular weight excluding hydrogens is 218 g/mol. The number of nitrogens with zero attached hydrogens (tertiary/aromatic N) is 2. The molecule has 0 atom stereocenters. The van der Waals surface area contributed by atoms with E-state index in [1.807, 2.05) is 0 Å². The molecule has 0 aliphatic heterocycles. The van der Waals surface area contributed by atoms with E-state index in [4.69, 9.17) is 0 Å². The van der Waals surface area contributed by atoms with Crippen LogP contribution in [0.1, 0.15) is 25.0 Å². The Labute approximate surface area is 100 Å². The van der Waals surface area contributed by atoms with Gasteiger partial charge in [-0.25, -0.2) is 4.79 Å². The fourth-order valence-corrected chi connectivity index (χ4v) is 1.88. The largest absolute Gasteiger partial charge is 0.330 e. The van der Waals surface area contributed by atoms with Gasteiger partial charge in [-0.3, -0.25) is 13.9 Å². The third-order valence-electron chi connectivity index (χ3n) is 3.36. The van der Waals surface area contributed by atoms with Crippen molar-refractivity contribution in [1.29, 1.82) is 0 Å². The van der Waals surface area contributed by atoms with Crippen molar-refractivity contribution in [2.75, 3.05) is 6.54 Å². The second kappa shape index (κ2) is 4.87. The second-order valence-electron chi connectivity index (χ2n) is 4.78. The molecule has 0 bridgehead atoms. The molecule has 0 amide bonds. The lowest BCUT2D eigenvalue weighted by Gasteiger charge is -2.10. The molecular formula is C12H19N3O2. The minimum atomic E-state index is -0.267. The van der Waals surface area contributed by atoms with Crippen LogP contribution < -0.4 is 16.6 Å². The van der Waals surface area contributed by atoms with Gasteiger partial charge in [-0.1, -0.05) is 12.8 Å². The highest BCUT2D eigenvalue weighted by Gasteiger charge is 2.20. The van der Waals surface area contributed by atoms with Gasteiger partial charge in [-0.15, -0.1) is 0 Å². The van der Waals surface area contributed by atoms with E-state index < -0.39 is 0 Å². The molecule has 17 heavy (non-hydrogen) atoms. The molecule has 0 aromatic carbocycles. The topological polar surface area (TPSA) is 56.0 Å². The van der Waals surface area contributed by atoms with Crippen molar-refractivity contribution in [3.05, 3.63) is 32.6 Å². The summed E-state index contributed by atoms with van der Waals surface area (Å²) in [4.78, 5) is 23.1. The first-order valence-electron chi connectivity index (χ1n) is 6.06. The van der Waals surface area contributed by atoms with Gasteiger partial charge in [0.25, 0.3) is 5.56 Å². The molecule has 5 heteroatoms. The van der Waals surface area contributed by atoms with Crippen molar-refractivity contribution >= 4 is 0 Å². The van der Waals surface area contributed by atoms with E-state index in [2.05, 4.69) is 5.32 Å². The van der Waals surface area contributed by atoms with E-state index in [1.54, 1.807) is 7.05 Å². The van der Waals surface area contributed by atoms with Gasteiger partial charge in [0, 0.05) is 32.4 Å². The summed E-state index contributed by atoms with van der Waals surface area (Å²) < 4.78 is 2.64. The van der Waals surface area contributed by atoms with Crippen molar-refractivity contribution in [3.8, 4) is 0 Å². The quantitative estimate of drug-likeness (QED) is 0.732. The normalized spacial score (nSPS) is 15.2. The summed E-state index contributed by atoms with van der Waals surface area (Å²) in [6.07, 6.45) is 3.90. The second-order valence-corrected chi connectivity index (χ2v) is 4.78. The molecule has 0 unspecified atom stereocenters. The lowest BCUT2D eigenvalue weighted by Crippen LogP contribution is -2.39. The van der Waals surface area contributed by atoms with Crippen LogP contribution in [0.5, 0.6) is 0 Å². The summed E-state index contributed by atoms with van der Waals surface area (Å²) in [7, 11) is 3.19.